The first-order valence-electron chi connectivity index (χ1n) is 3.72. The van der Waals surface area contributed by atoms with Gasteiger partial charge in [0.2, 0.25) is 0 Å². The van der Waals surface area contributed by atoms with Crippen molar-refractivity contribution in [3.63, 3.8) is 0 Å². The highest BCUT2D eigenvalue weighted by molar-refractivity contribution is 7.17. The Kier molecular flexibility index (Phi) is 4.13. The zero-order valence-corrected chi connectivity index (χ0v) is 9.14. The largest absolute Gasteiger partial charge is 0.126 e. The van der Waals surface area contributed by atoms with Crippen LogP contribution in [0.15, 0.2) is 18.2 Å². The first-order chi connectivity index (χ1) is 5.74. The Hall–Kier alpha value is 0.0200. The summed E-state index contributed by atoms with van der Waals surface area (Å²) < 4.78 is 0.837. The van der Waals surface area contributed by atoms with Crippen LogP contribution in [0.4, 0.5) is 0 Å². The molecule has 1 rings (SSSR count). The van der Waals surface area contributed by atoms with Gasteiger partial charge in [-0.25, -0.2) is 0 Å². The normalized spacial score (nSPS) is 12.1. The molecule has 1 aromatic rings. The van der Waals surface area contributed by atoms with Gasteiger partial charge in [-0.2, -0.15) is 0 Å². The van der Waals surface area contributed by atoms with Crippen LogP contribution < -0.4 is 0 Å². The molecule has 1 heterocycles. The van der Waals surface area contributed by atoms with Crippen molar-refractivity contribution in [3.05, 3.63) is 27.4 Å². The third-order valence-electron chi connectivity index (χ3n) is 1.52. The molecule has 0 nitrogen and oxygen atoms in total. The second kappa shape index (κ2) is 4.90. The third kappa shape index (κ3) is 2.81. The summed E-state index contributed by atoms with van der Waals surface area (Å²) in [4.78, 5) is 1.23. The Bertz CT molecular complexity index is 276. The van der Waals surface area contributed by atoms with Gasteiger partial charge >= 0.3 is 0 Å². The van der Waals surface area contributed by atoms with Crippen molar-refractivity contribution in [2.45, 2.75) is 13.3 Å². The monoisotopic (exact) mass is 220 g/mol. The molecule has 0 saturated carbocycles. The minimum atomic E-state index is 0.677. The number of thiophene rings is 1. The van der Waals surface area contributed by atoms with Gasteiger partial charge in [-0.15, -0.1) is 22.9 Å². The molecule has 0 amide bonds. The predicted octanol–water partition coefficient (Wildman–Crippen LogP) is 4.43. The summed E-state index contributed by atoms with van der Waals surface area (Å²) in [7, 11) is 0. The van der Waals surface area contributed by atoms with E-state index in [0.29, 0.717) is 5.88 Å². The second-order valence-electron chi connectivity index (χ2n) is 2.47. The zero-order valence-electron chi connectivity index (χ0n) is 6.81. The Morgan fingerprint density at radius 1 is 1.58 bits per heavy atom. The van der Waals surface area contributed by atoms with Crippen LogP contribution in [0, 0.1) is 0 Å². The van der Waals surface area contributed by atoms with Gasteiger partial charge in [0, 0.05) is 10.8 Å². The fourth-order valence-electron chi connectivity index (χ4n) is 0.898. The molecule has 0 aliphatic heterocycles. The van der Waals surface area contributed by atoms with Gasteiger partial charge in [0.15, 0.2) is 0 Å². The van der Waals surface area contributed by atoms with Crippen molar-refractivity contribution < 1.29 is 0 Å². The number of rotatable bonds is 3. The quantitative estimate of drug-likeness (QED) is 0.662. The van der Waals surface area contributed by atoms with E-state index in [1.165, 1.54) is 10.5 Å². The van der Waals surface area contributed by atoms with Gasteiger partial charge < -0.3 is 0 Å². The van der Waals surface area contributed by atoms with Crippen LogP contribution in [-0.4, -0.2) is 5.88 Å². The molecule has 66 valence electrons. The van der Waals surface area contributed by atoms with Crippen LogP contribution in [0.25, 0.3) is 5.57 Å². The third-order valence-corrected chi connectivity index (χ3v) is 3.11. The molecule has 0 radical (unpaired) electrons. The molecule has 0 aromatic carbocycles. The van der Waals surface area contributed by atoms with Crippen molar-refractivity contribution >= 4 is 40.1 Å². The van der Waals surface area contributed by atoms with Crippen LogP contribution in [0.1, 0.15) is 18.2 Å². The lowest BCUT2D eigenvalue weighted by molar-refractivity contribution is 1.23. The summed E-state index contributed by atoms with van der Waals surface area (Å²) in [5.41, 5.74) is 1.26. The fraction of sp³-hybridized carbons (Fsp3) is 0.333. The van der Waals surface area contributed by atoms with Crippen LogP contribution in [-0.2, 0) is 0 Å². The number of halogens is 2. The minimum absolute atomic E-state index is 0.677. The van der Waals surface area contributed by atoms with E-state index in [9.17, 15) is 0 Å². The molecule has 0 atom stereocenters. The average Bonchev–Trinajstić information content (AvgIpc) is 2.47. The van der Waals surface area contributed by atoms with E-state index >= 15 is 0 Å². The topological polar surface area (TPSA) is 0 Å². The average molecular weight is 221 g/mol. The van der Waals surface area contributed by atoms with E-state index in [0.717, 1.165) is 10.8 Å². The highest BCUT2D eigenvalue weighted by Gasteiger charge is 1.98. The SMILES string of the molecule is C/C(=C\CCCl)c1ccc(Cl)s1. The molecule has 12 heavy (non-hydrogen) atoms. The maximum absolute atomic E-state index is 5.80. The van der Waals surface area contributed by atoms with Crippen molar-refractivity contribution in [1.82, 2.24) is 0 Å². The van der Waals surface area contributed by atoms with E-state index in [2.05, 4.69) is 13.0 Å². The van der Waals surface area contributed by atoms with Gasteiger partial charge in [-0.3, -0.25) is 0 Å². The number of alkyl halides is 1. The van der Waals surface area contributed by atoms with Crippen molar-refractivity contribution in [2.75, 3.05) is 5.88 Å². The summed E-state index contributed by atoms with van der Waals surface area (Å²) in [6.45, 7) is 2.08. The van der Waals surface area contributed by atoms with E-state index in [1.54, 1.807) is 11.3 Å². The molecular weight excluding hydrogens is 211 g/mol. The molecule has 0 N–H and O–H groups in total. The van der Waals surface area contributed by atoms with E-state index in [1.807, 2.05) is 12.1 Å². The summed E-state index contributed by atoms with van der Waals surface area (Å²) >= 11 is 13.0. The van der Waals surface area contributed by atoms with Gasteiger partial charge in [0.05, 0.1) is 4.34 Å². The fourth-order valence-corrected chi connectivity index (χ4v) is 2.05. The lowest BCUT2D eigenvalue weighted by Gasteiger charge is -1.94. The van der Waals surface area contributed by atoms with Gasteiger partial charge in [0.1, 0.15) is 0 Å². The smallest absolute Gasteiger partial charge is 0.0934 e. The summed E-state index contributed by atoms with van der Waals surface area (Å²) in [5.74, 6) is 0.677. The first kappa shape index (κ1) is 10.1. The lowest BCUT2D eigenvalue weighted by Crippen LogP contribution is -1.73. The van der Waals surface area contributed by atoms with Crippen LogP contribution in [0.3, 0.4) is 0 Å². The highest BCUT2D eigenvalue weighted by Crippen LogP contribution is 2.27. The van der Waals surface area contributed by atoms with Gasteiger partial charge in [-0.05, 0) is 31.1 Å². The first-order valence-corrected chi connectivity index (χ1v) is 5.45. The summed E-state index contributed by atoms with van der Waals surface area (Å²) in [5, 5.41) is 0. The Morgan fingerprint density at radius 3 is 2.83 bits per heavy atom. The van der Waals surface area contributed by atoms with Crippen LogP contribution in [0.2, 0.25) is 4.34 Å². The molecule has 0 saturated heterocycles. The maximum Gasteiger partial charge on any atom is 0.0934 e. The highest BCUT2D eigenvalue weighted by atomic mass is 35.5. The molecule has 0 aliphatic rings. The van der Waals surface area contributed by atoms with Crippen molar-refractivity contribution in [2.24, 2.45) is 0 Å². The minimum Gasteiger partial charge on any atom is -0.126 e. The standard InChI is InChI=1S/C9H10Cl2S/c1-7(3-2-6-10)8-4-5-9(11)12-8/h3-5H,2,6H2,1H3/b7-3+. The van der Waals surface area contributed by atoms with Crippen molar-refractivity contribution in [1.29, 1.82) is 0 Å². The number of allylic oxidation sites excluding steroid dienone is 2. The Morgan fingerprint density at radius 2 is 2.33 bits per heavy atom. The van der Waals surface area contributed by atoms with E-state index in [4.69, 9.17) is 23.2 Å². The summed E-state index contributed by atoms with van der Waals surface area (Å²) in [6.07, 6.45) is 3.05. The molecule has 0 aliphatic carbocycles. The number of hydrogen-bond acceptors (Lipinski definition) is 1. The van der Waals surface area contributed by atoms with E-state index in [-0.39, 0.29) is 0 Å². The molecule has 1 aromatic heterocycles. The Labute approximate surface area is 86.8 Å². The Balaban J connectivity index is 2.70. The van der Waals surface area contributed by atoms with Crippen LogP contribution in [0.5, 0.6) is 0 Å². The maximum atomic E-state index is 5.80. The molecular formula is C9H10Cl2S. The van der Waals surface area contributed by atoms with E-state index < -0.39 is 0 Å². The van der Waals surface area contributed by atoms with Crippen molar-refractivity contribution in [3.8, 4) is 0 Å². The molecule has 0 unspecified atom stereocenters. The van der Waals surface area contributed by atoms with Gasteiger partial charge in [-0.1, -0.05) is 17.7 Å². The zero-order chi connectivity index (χ0) is 8.97. The summed E-state index contributed by atoms with van der Waals surface area (Å²) in [6, 6.07) is 3.95. The van der Waals surface area contributed by atoms with Gasteiger partial charge in [0.25, 0.3) is 0 Å². The van der Waals surface area contributed by atoms with Crippen LogP contribution >= 0.6 is 34.5 Å². The second-order valence-corrected chi connectivity index (χ2v) is 4.56. The molecule has 0 spiro atoms. The molecule has 0 fully saturated rings. The lowest BCUT2D eigenvalue weighted by atomic mass is 10.2. The number of hydrogen-bond donors (Lipinski definition) is 0. The molecule has 3 heteroatoms. The predicted molar refractivity (Wildman–Crippen MR) is 58.3 cm³/mol. The molecule has 0 bridgehead atoms.